The smallest absolute Gasteiger partial charge is 0.244 e. The minimum atomic E-state index is -0.339. The topological polar surface area (TPSA) is 65.4 Å². The Morgan fingerprint density at radius 1 is 1.43 bits per heavy atom. The third kappa shape index (κ3) is 3.59. The molecular weight excluding hydrogens is 318 g/mol. The Bertz CT molecular complexity index is 688. The number of hydrogen-bond acceptors (Lipinski definition) is 4. The van der Waals surface area contributed by atoms with Crippen LogP contribution in [0.3, 0.4) is 0 Å². The molecule has 1 unspecified atom stereocenters. The zero-order chi connectivity index (χ0) is 16.2. The van der Waals surface area contributed by atoms with Gasteiger partial charge in [0.05, 0.1) is 5.02 Å². The molecule has 2 aromatic rings. The largest absolute Gasteiger partial charge is 0.486 e. The third-order valence-electron chi connectivity index (χ3n) is 3.67. The lowest BCUT2D eigenvalue weighted by molar-refractivity contribution is -0.124. The van der Waals surface area contributed by atoms with Crippen LogP contribution >= 0.6 is 11.6 Å². The number of nitrogens with zero attached hydrogens (tertiary/aromatic N) is 2. The van der Waals surface area contributed by atoms with E-state index in [4.69, 9.17) is 21.1 Å². The molecule has 1 aliphatic heterocycles. The van der Waals surface area contributed by atoms with Gasteiger partial charge in [-0.05, 0) is 37.1 Å². The molecule has 0 aliphatic carbocycles. The lowest BCUT2D eigenvalue weighted by Gasteiger charge is -2.20. The molecule has 122 valence electrons. The van der Waals surface area contributed by atoms with Gasteiger partial charge in [0.1, 0.15) is 19.3 Å². The van der Waals surface area contributed by atoms with Gasteiger partial charge in [-0.3, -0.25) is 9.48 Å². The van der Waals surface area contributed by atoms with E-state index in [9.17, 15) is 4.79 Å². The molecule has 23 heavy (non-hydrogen) atoms. The first-order valence-electron chi connectivity index (χ1n) is 7.50. The molecule has 1 aromatic heterocycles. The molecule has 1 aliphatic rings. The second-order valence-corrected chi connectivity index (χ2v) is 5.71. The number of hydrogen-bond donors (Lipinski definition) is 1. The number of nitrogens with one attached hydrogen (secondary N) is 1. The molecule has 0 saturated carbocycles. The second-order valence-electron chi connectivity index (χ2n) is 5.30. The minimum Gasteiger partial charge on any atom is -0.486 e. The summed E-state index contributed by atoms with van der Waals surface area (Å²) in [5.41, 5.74) is 0.992. The summed E-state index contributed by atoms with van der Waals surface area (Å²) in [6, 6.07) is 5.21. The number of aromatic nitrogens is 2. The zero-order valence-corrected chi connectivity index (χ0v) is 13.5. The third-order valence-corrected chi connectivity index (χ3v) is 3.95. The summed E-state index contributed by atoms with van der Waals surface area (Å²) < 4.78 is 12.7. The van der Waals surface area contributed by atoms with Gasteiger partial charge < -0.3 is 14.8 Å². The zero-order valence-electron chi connectivity index (χ0n) is 12.8. The minimum absolute atomic E-state index is 0.0719. The van der Waals surface area contributed by atoms with Gasteiger partial charge in [0.25, 0.3) is 0 Å². The van der Waals surface area contributed by atoms with Crippen molar-refractivity contribution in [2.75, 3.05) is 19.8 Å². The Morgan fingerprint density at radius 3 is 3.04 bits per heavy atom. The molecule has 1 atom stereocenters. The maximum atomic E-state index is 12.1. The molecule has 0 bridgehead atoms. The number of carbonyl (C=O) groups is 1. The van der Waals surface area contributed by atoms with E-state index >= 15 is 0 Å². The lowest BCUT2D eigenvalue weighted by atomic mass is 10.1. The van der Waals surface area contributed by atoms with E-state index < -0.39 is 0 Å². The highest BCUT2D eigenvalue weighted by Crippen LogP contribution is 2.38. The van der Waals surface area contributed by atoms with Crippen LogP contribution in [0.25, 0.3) is 0 Å². The average molecular weight is 336 g/mol. The molecule has 0 saturated heterocycles. The van der Waals surface area contributed by atoms with Crippen LogP contribution in [-0.4, -0.2) is 35.4 Å². The molecular formula is C16H18ClN3O3. The number of halogens is 1. The van der Waals surface area contributed by atoms with Crippen LogP contribution in [0.15, 0.2) is 30.6 Å². The van der Waals surface area contributed by atoms with Crippen molar-refractivity contribution in [2.45, 2.75) is 19.4 Å². The van der Waals surface area contributed by atoms with E-state index in [0.717, 1.165) is 5.56 Å². The van der Waals surface area contributed by atoms with Crippen LogP contribution in [0, 0.1) is 0 Å². The summed E-state index contributed by atoms with van der Waals surface area (Å²) in [7, 11) is 0. The number of rotatable bonds is 5. The highest BCUT2D eigenvalue weighted by molar-refractivity contribution is 6.32. The molecule has 0 fully saturated rings. The van der Waals surface area contributed by atoms with Crippen molar-refractivity contribution in [3.63, 3.8) is 0 Å². The predicted octanol–water partition coefficient (Wildman–Crippen LogP) is 2.23. The second kappa shape index (κ2) is 6.91. The first-order valence-corrected chi connectivity index (χ1v) is 7.88. The normalized spacial score (nSPS) is 14.3. The van der Waals surface area contributed by atoms with Gasteiger partial charge in [0.2, 0.25) is 5.91 Å². The fraction of sp³-hybridized carbons (Fsp3) is 0.375. The van der Waals surface area contributed by atoms with Crippen molar-refractivity contribution in [1.82, 2.24) is 15.1 Å². The van der Waals surface area contributed by atoms with Gasteiger partial charge in [0.15, 0.2) is 11.5 Å². The Kier molecular flexibility index (Phi) is 4.71. The Labute approximate surface area is 139 Å². The highest BCUT2D eigenvalue weighted by Gasteiger charge is 2.17. The van der Waals surface area contributed by atoms with Crippen LogP contribution in [0.4, 0.5) is 0 Å². The predicted molar refractivity (Wildman–Crippen MR) is 86.1 cm³/mol. The molecule has 1 aromatic carbocycles. The van der Waals surface area contributed by atoms with Crippen molar-refractivity contribution in [3.05, 3.63) is 41.2 Å². The number of ether oxygens (including phenoxy) is 2. The molecule has 0 spiro atoms. The Balaban J connectivity index is 1.56. The van der Waals surface area contributed by atoms with E-state index in [1.807, 2.05) is 19.1 Å². The molecule has 6 nitrogen and oxygen atoms in total. The number of amides is 1. The quantitative estimate of drug-likeness (QED) is 0.910. The van der Waals surface area contributed by atoms with Crippen LogP contribution in [0.1, 0.15) is 18.5 Å². The maximum absolute atomic E-state index is 12.1. The van der Waals surface area contributed by atoms with Crippen LogP contribution < -0.4 is 14.8 Å². The van der Waals surface area contributed by atoms with E-state index in [0.29, 0.717) is 42.7 Å². The summed E-state index contributed by atoms with van der Waals surface area (Å²) in [5.74, 6) is 1.19. The van der Waals surface area contributed by atoms with Gasteiger partial charge in [-0.15, -0.1) is 0 Å². The Morgan fingerprint density at radius 2 is 2.26 bits per heavy atom. The molecule has 7 heteroatoms. The fourth-order valence-electron chi connectivity index (χ4n) is 2.42. The first kappa shape index (κ1) is 15.7. The average Bonchev–Trinajstić information content (AvgIpc) is 3.08. The van der Waals surface area contributed by atoms with Crippen molar-refractivity contribution < 1.29 is 14.3 Å². The summed E-state index contributed by atoms with van der Waals surface area (Å²) >= 11 is 6.20. The molecule has 1 amide bonds. The van der Waals surface area contributed by atoms with Crippen molar-refractivity contribution >= 4 is 17.5 Å². The fourth-order valence-corrected chi connectivity index (χ4v) is 2.70. The van der Waals surface area contributed by atoms with Crippen molar-refractivity contribution in [3.8, 4) is 11.5 Å². The molecule has 1 N–H and O–H groups in total. The lowest BCUT2D eigenvalue weighted by Crippen LogP contribution is -2.32. The first-order chi connectivity index (χ1) is 11.1. The Hall–Kier alpha value is -2.21. The summed E-state index contributed by atoms with van der Waals surface area (Å²) in [6.07, 6.45) is 4.08. The van der Waals surface area contributed by atoms with E-state index in [1.54, 1.807) is 23.1 Å². The maximum Gasteiger partial charge on any atom is 0.244 e. The molecule has 2 heterocycles. The summed E-state index contributed by atoms with van der Waals surface area (Å²) in [4.78, 5) is 12.1. The van der Waals surface area contributed by atoms with Crippen LogP contribution in [0.5, 0.6) is 11.5 Å². The highest BCUT2D eigenvalue weighted by atomic mass is 35.5. The molecule has 3 rings (SSSR count). The van der Waals surface area contributed by atoms with Crippen molar-refractivity contribution in [1.29, 1.82) is 0 Å². The van der Waals surface area contributed by atoms with Gasteiger partial charge in [0, 0.05) is 18.9 Å². The van der Waals surface area contributed by atoms with Gasteiger partial charge in [-0.25, -0.2) is 0 Å². The monoisotopic (exact) mass is 335 g/mol. The number of benzene rings is 1. The van der Waals surface area contributed by atoms with Crippen LogP contribution in [0.2, 0.25) is 5.02 Å². The van der Waals surface area contributed by atoms with Crippen LogP contribution in [-0.2, 0) is 11.2 Å². The van der Waals surface area contributed by atoms with Gasteiger partial charge in [-0.2, -0.15) is 5.10 Å². The number of fused-ring (bicyclic) bond motifs is 1. The molecule has 0 radical (unpaired) electrons. The van der Waals surface area contributed by atoms with E-state index in [-0.39, 0.29) is 11.9 Å². The van der Waals surface area contributed by atoms with Crippen molar-refractivity contribution in [2.24, 2.45) is 0 Å². The van der Waals surface area contributed by atoms with E-state index in [1.165, 1.54) is 0 Å². The summed E-state index contributed by atoms with van der Waals surface area (Å²) in [6.45, 7) is 3.35. The number of carbonyl (C=O) groups excluding carboxylic acids is 1. The van der Waals surface area contributed by atoms with Gasteiger partial charge >= 0.3 is 0 Å². The SMILES string of the molecule is CC(C(=O)NCCc1cc(Cl)c2c(c1)OCCO2)n1cccn1. The van der Waals surface area contributed by atoms with Gasteiger partial charge in [-0.1, -0.05) is 11.6 Å². The van der Waals surface area contributed by atoms with E-state index in [2.05, 4.69) is 10.4 Å². The summed E-state index contributed by atoms with van der Waals surface area (Å²) in [5, 5.41) is 7.51. The standard InChI is InChI=1S/C16H18ClN3O3/c1-11(20-6-2-4-19-20)16(21)18-5-3-12-9-13(17)15-14(10-12)22-7-8-23-15/h2,4,6,9-11H,3,5,7-8H2,1H3,(H,18,21).